The Kier molecular flexibility index (Phi) is 3.58. The maximum atomic E-state index is 6.01. The second kappa shape index (κ2) is 5.70. The standard InChI is InChI=1S/C14H16N8/c15-12-6-10(13(16)14(18-12)19-17)7-22-8-11(20-21-22)9-4-2-1-3-5-9/h1-6,8H,7,16-17H2,(H3,15,18,19). The molecular formula is C14H16N8. The predicted molar refractivity (Wildman–Crippen MR) is 85.4 cm³/mol. The minimum Gasteiger partial charge on any atom is -0.395 e. The summed E-state index contributed by atoms with van der Waals surface area (Å²) >= 11 is 0. The Morgan fingerprint density at radius 1 is 1.14 bits per heavy atom. The van der Waals surface area contributed by atoms with Gasteiger partial charge in [-0.25, -0.2) is 15.5 Å². The Hall–Kier alpha value is -3.13. The fraction of sp³-hybridized carbons (Fsp3) is 0.0714. The van der Waals surface area contributed by atoms with Gasteiger partial charge in [-0.05, 0) is 6.07 Å². The Labute approximate surface area is 126 Å². The smallest absolute Gasteiger partial charge is 0.165 e. The van der Waals surface area contributed by atoms with Crippen LogP contribution in [-0.2, 0) is 6.54 Å². The summed E-state index contributed by atoms with van der Waals surface area (Å²) in [5.41, 5.74) is 17.2. The van der Waals surface area contributed by atoms with Gasteiger partial charge < -0.3 is 16.9 Å². The van der Waals surface area contributed by atoms with E-state index in [0.717, 1.165) is 16.8 Å². The number of benzene rings is 1. The first-order valence-corrected chi connectivity index (χ1v) is 6.64. The van der Waals surface area contributed by atoms with Gasteiger partial charge in [0.25, 0.3) is 0 Å². The molecule has 3 rings (SSSR count). The summed E-state index contributed by atoms with van der Waals surface area (Å²) in [5.74, 6) is 6.06. The second-order valence-corrected chi connectivity index (χ2v) is 4.78. The largest absolute Gasteiger partial charge is 0.395 e. The van der Waals surface area contributed by atoms with Crippen molar-refractivity contribution in [3.8, 4) is 11.3 Å². The summed E-state index contributed by atoms with van der Waals surface area (Å²) in [5, 5.41) is 8.27. The van der Waals surface area contributed by atoms with Gasteiger partial charge in [0.15, 0.2) is 5.82 Å². The van der Waals surface area contributed by atoms with E-state index in [2.05, 4.69) is 20.7 Å². The summed E-state index contributed by atoms with van der Waals surface area (Å²) in [4.78, 5) is 4.02. The first kappa shape index (κ1) is 13.8. The molecule has 0 amide bonds. The molecule has 0 aliphatic heterocycles. The van der Waals surface area contributed by atoms with E-state index in [1.54, 1.807) is 10.7 Å². The highest BCUT2D eigenvalue weighted by Crippen LogP contribution is 2.23. The number of nitrogens with one attached hydrogen (secondary N) is 1. The van der Waals surface area contributed by atoms with Crippen LogP contribution in [0.4, 0.5) is 17.3 Å². The van der Waals surface area contributed by atoms with Crippen LogP contribution in [-0.4, -0.2) is 20.0 Å². The lowest BCUT2D eigenvalue weighted by Crippen LogP contribution is -2.14. The van der Waals surface area contributed by atoms with Crippen LogP contribution >= 0.6 is 0 Å². The van der Waals surface area contributed by atoms with Gasteiger partial charge in [-0.3, -0.25) is 0 Å². The molecule has 0 atom stereocenters. The number of aromatic nitrogens is 4. The molecule has 3 aromatic rings. The summed E-state index contributed by atoms with van der Waals surface area (Å²) in [7, 11) is 0. The first-order chi connectivity index (χ1) is 10.7. The Bertz CT molecular complexity index is 781. The van der Waals surface area contributed by atoms with Crippen LogP contribution in [0.2, 0.25) is 0 Å². The van der Waals surface area contributed by atoms with Gasteiger partial charge in [0.2, 0.25) is 0 Å². The molecule has 2 heterocycles. The number of hydrazine groups is 1. The minimum atomic E-state index is 0.334. The molecule has 0 saturated carbocycles. The van der Waals surface area contributed by atoms with Crippen molar-refractivity contribution in [2.24, 2.45) is 5.84 Å². The topological polar surface area (TPSA) is 134 Å². The number of anilines is 3. The van der Waals surface area contributed by atoms with Crippen molar-refractivity contribution < 1.29 is 0 Å². The number of hydrogen-bond donors (Lipinski definition) is 4. The third-order valence-electron chi connectivity index (χ3n) is 3.24. The Morgan fingerprint density at radius 3 is 2.64 bits per heavy atom. The molecule has 2 aromatic heterocycles. The average molecular weight is 296 g/mol. The van der Waals surface area contributed by atoms with Gasteiger partial charge in [0, 0.05) is 11.1 Å². The molecule has 112 valence electrons. The molecular weight excluding hydrogens is 280 g/mol. The monoisotopic (exact) mass is 296 g/mol. The van der Waals surface area contributed by atoms with Crippen LogP contribution in [0.5, 0.6) is 0 Å². The fourth-order valence-electron chi connectivity index (χ4n) is 2.16. The van der Waals surface area contributed by atoms with E-state index in [-0.39, 0.29) is 0 Å². The van der Waals surface area contributed by atoms with Gasteiger partial charge >= 0.3 is 0 Å². The Balaban J connectivity index is 1.89. The normalized spacial score (nSPS) is 10.6. The second-order valence-electron chi connectivity index (χ2n) is 4.78. The van der Waals surface area contributed by atoms with Gasteiger partial charge in [-0.15, -0.1) is 5.10 Å². The van der Waals surface area contributed by atoms with E-state index in [1.807, 2.05) is 36.5 Å². The molecule has 0 bridgehead atoms. The summed E-state index contributed by atoms with van der Waals surface area (Å²) in [6.07, 6.45) is 1.85. The lowest BCUT2D eigenvalue weighted by atomic mass is 10.2. The zero-order chi connectivity index (χ0) is 15.5. The van der Waals surface area contributed by atoms with E-state index >= 15 is 0 Å². The van der Waals surface area contributed by atoms with Gasteiger partial charge in [0.1, 0.15) is 11.5 Å². The van der Waals surface area contributed by atoms with E-state index in [1.165, 1.54) is 0 Å². The quantitative estimate of drug-likeness (QED) is 0.414. The lowest BCUT2D eigenvalue weighted by Gasteiger charge is -2.10. The van der Waals surface area contributed by atoms with Gasteiger partial charge in [0.05, 0.1) is 18.4 Å². The predicted octanol–water partition coefficient (Wildman–Crippen LogP) is 0.838. The van der Waals surface area contributed by atoms with Crippen LogP contribution in [0.1, 0.15) is 5.56 Å². The highest BCUT2D eigenvalue weighted by molar-refractivity contribution is 5.68. The van der Waals surface area contributed by atoms with E-state index in [9.17, 15) is 0 Å². The number of pyridine rings is 1. The number of nitrogens with zero attached hydrogens (tertiary/aromatic N) is 4. The third-order valence-corrected chi connectivity index (χ3v) is 3.24. The van der Waals surface area contributed by atoms with E-state index in [0.29, 0.717) is 23.9 Å². The van der Waals surface area contributed by atoms with Crippen molar-refractivity contribution in [3.63, 3.8) is 0 Å². The van der Waals surface area contributed by atoms with Crippen LogP contribution in [0.3, 0.4) is 0 Å². The molecule has 22 heavy (non-hydrogen) atoms. The molecule has 8 nitrogen and oxygen atoms in total. The summed E-state index contributed by atoms with van der Waals surface area (Å²) in [6.45, 7) is 0.424. The zero-order valence-corrected chi connectivity index (χ0v) is 11.8. The molecule has 0 fully saturated rings. The van der Waals surface area contributed by atoms with Gasteiger partial charge in [-0.1, -0.05) is 35.5 Å². The van der Waals surface area contributed by atoms with Crippen LogP contribution in [0, 0.1) is 0 Å². The fourth-order valence-corrected chi connectivity index (χ4v) is 2.16. The maximum absolute atomic E-state index is 6.01. The lowest BCUT2D eigenvalue weighted by molar-refractivity contribution is 0.650. The highest BCUT2D eigenvalue weighted by Gasteiger charge is 2.10. The molecule has 1 aromatic carbocycles. The van der Waals surface area contributed by atoms with Crippen molar-refractivity contribution >= 4 is 17.3 Å². The molecule has 0 radical (unpaired) electrons. The zero-order valence-electron chi connectivity index (χ0n) is 11.8. The van der Waals surface area contributed by atoms with Gasteiger partial charge in [-0.2, -0.15) is 0 Å². The number of hydrogen-bond acceptors (Lipinski definition) is 7. The maximum Gasteiger partial charge on any atom is 0.165 e. The molecule has 0 aliphatic rings. The van der Waals surface area contributed by atoms with Crippen LogP contribution in [0.15, 0.2) is 42.6 Å². The van der Waals surface area contributed by atoms with Crippen molar-refractivity contribution in [3.05, 3.63) is 48.2 Å². The number of rotatable bonds is 4. The average Bonchev–Trinajstić information content (AvgIpc) is 3.00. The third kappa shape index (κ3) is 2.67. The van der Waals surface area contributed by atoms with Crippen molar-refractivity contribution in [1.29, 1.82) is 0 Å². The van der Waals surface area contributed by atoms with Crippen molar-refractivity contribution in [1.82, 2.24) is 20.0 Å². The van der Waals surface area contributed by atoms with E-state index in [4.69, 9.17) is 17.3 Å². The summed E-state index contributed by atoms with van der Waals surface area (Å²) < 4.78 is 1.69. The Morgan fingerprint density at radius 2 is 1.91 bits per heavy atom. The molecule has 7 N–H and O–H groups in total. The molecule has 0 spiro atoms. The first-order valence-electron chi connectivity index (χ1n) is 6.64. The molecule has 0 aliphatic carbocycles. The SMILES string of the molecule is NNc1nc(N)cc(Cn2cc(-c3ccccc3)nn2)c1N. The van der Waals surface area contributed by atoms with Crippen molar-refractivity contribution in [2.45, 2.75) is 6.54 Å². The van der Waals surface area contributed by atoms with Crippen molar-refractivity contribution in [2.75, 3.05) is 16.9 Å². The van der Waals surface area contributed by atoms with E-state index < -0.39 is 0 Å². The minimum absolute atomic E-state index is 0.334. The number of nitrogen functional groups attached to an aromatic ring is 3. The van der Waals surface area contributed by atoms with Crippen LogP contribution in [0.25, 0.3) is 11.3 Å². The summed E-state index contributed by atoms with van der Waals surface area (Å²) in [6, 6.07) is 11.5. The molecule has 0 unspecified atom stereocenters. The molecule has 0 saturated heterocycles. The van der Waals surface area contributed by atoms with Crippen LogP contribution < -0.4 is 22.7 Å². The molecule has 8 heteroatoms. The highest BCUT2D eigenvalue weighted by atomic mass is 15.4. The number of nitrogens with two attached hydrogens (primary N) is 3.